The molecule has 3 fully saturated rings. The van der Waals surface area contributed by atoms with Crippen LogP contribution in [0, 0.1) is 66.3 Å². The number of unbranched alkanes of at least 4 members (excludes halogenated alkanes) is 1. The molecule has 1 aromatic rings. The van der Waals surface area contributed by atoms with Crippen LogP contribution < -0.4 is 5.32 Å². The van der Waals surface area contributed by atoms with Gasteiger partial charge in [0.05, 0.1) is 13.0 Å². The van der Waals surface area contributed by atoms with Gasteiger partial charge in [0.1, 0.15) is 6.10 Å². The second kappa shape index (κ2) is 19.7. The second-order valence-corrected chi connectivity index (χ2v) is 20.9. The number of nitrogens with one attached hydrogen (secondary N) is 1. The zero-order valence-corrected chi connectivity index (χ0v) is 38.5. The SMILES string of the molecule is CCC(Cc1c(C)cc(I)cc1I)C(=O)NCCCCOCCC(=O)O[C@H]1CC[C@@]2(C)C(=CC[C@H]3[C@@H]4CC[C@H]([C@H](C)CCCC(C)C)[C@@]4(C)CC[C@@H]32)C1. The van der Waals surface area contributed by atoms with Crippen molar-refractivity contribution in [3.63, 3.8) is 0 Å². The minimum Gasteiger partial charge on any atom is -0.462 e. The number of allylic oxidation sites excluding steroid dienone is 1. The summed E-state index contributed by atoms with van der Waals surface area (Å²) in [5.41, 5.74) is 4.91. The van der Waals surface area contributed by atoms with E-state index < -0.39 is 0 Å². The Hall–Kier alpha value is -0.680. The largest absolute Gasteiger partial charge is 0.462 e. The summed E-state index contributed by atoms with van der Waals surface area (Å²) in [5, 5.41) is 3.15. The fourth-order valence-corrected chi connectivity index (χ4v) is 14.0. The molecule has 1 unspecified atom stereocenters. The number of halogens is 2. The molecule has 0 radical (unpaired) electrons. The molecule has 1 N–H and O–H groups in total. The van der Waals surface area contributed by atoms with Crippen LogP contribution in [0.5, 0.6) is 0 Å². The average Bonchev–Trinajstić information content (AvgIpc) is 3.46. The number of carbonyl (C=O) groups is 2. The van der Waals surface area contributed by atoms with Gasteiger partial charge < -0.3 is 14.8 Å². The third kappa shape index (κ3) is 10.6. The third-order valence-corrected chi connectivity index (χ3v) is 16.3. The van der Waals surface area contributed by atoms with Crippen LogP contribution in [0.1, 0.15) is 149 Å². The quantitative estimate of drug-likeness (QED) is 0.0689. The van der Waals surface area contributed by atoms with Crippen molar-refractivity contribution in [3.05, 3.63) is 42.0 Å². The number of carbonyl (C=O) groups excluding carboxylic acids is 2. The summed E-state index contributed by atoms with van der Waals surface area (Å²) in [7, 11) is 0. The van der Waals surface area contributed by atoms with Gasteiger partial charge in [0, 0.05) is 32.6 Å². The summed E-state index contributed by atoms with van der Waals surface area (Å²) >= 11 is 4.74. The number of fused-ring (bicyclic) bond motifs is 5. The van der Waals surface area contributed by atoms with Crippen LogP contribution in [-0.4, -0.2) is 37.7 Å². The number of esters is 1. The maximum Gasteiger partial charge on any atom is 0.308 e. The van der Waals surface area contributed by atoms with Crippen LogP contribution in [0.2, 0.25) is 0 Å². The molecule has 9 atom stereocenters. The third-order valence-electron chi connectivity index (χ3n) is 14.7. The summed E-state index contributed by atoms with van der Waals surface area (Å²) < 4.78 is 14.3. The van der Waals surface area contributed by atoms with Crippen molar-refractivity contribution in [1.82, 2.24) is 5.32 Å². The van der Waals surface area contributed by atoms with E-state index in [-0.39, 0.29) is 29.3 Å². The number of hydrogen-bond acceptors (Lipinski definition) is 4. The maximum atomic E-state index is 12.9. The van der Waals surface area contributed by atoms with Crippen LogP contribution in [0.25, 0.3) is 0 Å². The van der Waals surface area contributed by atoms with Gasteiger partial charge in [0.15, 0.2) is 0 Å². The highest BCUT2D eigenvalue weighted by atomic mass is 127. The molecule has 0 saturated heterocycles. The molecular weight excluding hydrogens is 884 g/mol. The normalized spacial score (nSPS) is 30.5. The molecule has 0 spiro atoms. The zero-order chi connectivity index (χ0) is 38.3. The molecule has 7 heteroatoms. The van der Waals surface area contributed by atoms with Crippen LogP contribution >= 0.6 is 45.2 Å². The highest BCUT2D eigenvalue weighted by Crippen LogP contribution is 2.67. The highest BCUT2D eigenvalue weighted by molar-refractivity contribution is 14.1. The first-order chi connectivity index (χ1) is 25.3. The number of amides is 1. The summed E-state index contributed by atoms with van der Waals surface area (Å²) in [6, 6.07) is 4.38. The van der Waals surface area contributed by atoms with E-state index in [0.717, 1.165) is 80.5 Å². The first kappa shape index (κ1) is 43.4. The summed E-state index contributed by atoms with van der Waals surface area (Å²) in [5.74, 6) is 5.04. The zero-order valence-electron chi connectivity index (χ0n) is 34.2. The molecule has 53 heavy (non-hydrogen) atoms. The predicted octanol–water partition coefficient (Wildman–Crippen LogP) is 12.0. The number of benzene rings is 1. The fourth-order valence-electron chi connectivity index (χ4n) is 11.6. The van der Waals surface area contributed by atoms with E-state index in [0.29, 0.717) is 31.6 Å². The fraction of sp³-hybridized carbons (Fsp3) is 0.783. The van der Waals surface area contributed by atoms with Gasteiger partial charge >= 0.3 is 5.97 Å². The Kier molecular flexibility index (Phi) is 16.1. The van der Waals surface area contributed by atoms with E-state index in [1.165, 1.54) is 69.6 Å². The molecule has 3 saturated carbocycles. The van der Waals surface area contributed by atoms with Crippen molar-refractivity contribution >= 4 is 57.1 Å². The average molecular weight is 956 g/mol. The Morgan fingerprint density at radius 2 is 1.75 bits per heavy atom. The van der Waals surface area contributed by atoms with Crippen LogP contribution in [-0.2, 0) is 25.5 Å². The molecule has 1 amide bonds. The topological polar surface area (TPSA) is 64.6 Å². The van der Waals surface area contributed by atoms with Crippen molar-refractivity contribution in [2.24, 2.45) is 52.3 Å². The van der Waals surface area contributed by atoms with Gasteiger partial charge in [-0.3, -0.25) is 9.59 Å². The number of aryl methyl sites for hydroxylation is 1. The number of hydrogen-bond donors (Lipinski definition) is 1. The van der Waals surface area contributed by atoms with Gasteiger partial charge in [0.25, 0.3) is 0 Å². The Balaban J connectivity index is 0.981. The van der Waals surface area contributed by atoms with Crippen molar-refractivity contribution in [3.8, 4) is 0 Å². The molecule has 4 aliphatic carbocycles. The molecule has 0 aliphatic heterocycles. The van der Waals surface area contributed by atoms with Crippen molar-refractivity contribution < 1.29 is 19.1 Å². The van der Waals surface area contributed by atoms with Crippen molar-refractivity contribution in [2.45, 2.75) is 157 Å². The van der Waals surface area contributed by atoms with E-state index in [9.17, 15) is 9.59 Å². The smallest absolute Gasteiger partial charge is 0.308 e. The second-order valence-electron chi connectivity index (χ2n) is 18.5. The summed E-state index contributed by atoms with van der Waals surface area (Å²) in [6.07, 6.45) is 20.3. The molecular formula is C46H71I2NO4. The highest BCUT2D eigenvalue weighted by Gasteiger charge is 2.59. The van der Waals surface area contributed by atoms with E-state index >= 15 is 0 Å². The summed E-state index contributed by atoms with van der Waals surface area (Å²) in [6.45, 7) is 18.4. The number of ether oxygens (including phenoxy) is 2. The molecule has 0 bridgehead atoms. The first-order valence-corrected chi connectivity index (χ1v) is 23.6. The van der Waals surface area contributed by atoms with E-state index in [2.05, 4.69) is 117 Å². The first-order valence-electron chi connectivity index (χ1n) is 21.5. The lowest BCUT2D eigenvalue weighted by Gasteiger charge is -2.58. The molecule has 5 rings (SSSR count). The predicted molar refractivity (Wildman–Crippen MR) is 235 cm³/mol. The Labute approximate surface area is 350 Å². The molecule has 1 aromatic carbocycles. The molecule has 5 nitrogen and oxygen atoms in total. The molecule has 0 aromatic heterocycles. The molecule has 0 heterocycles. The van der Waals surface area contributed by atoms with Gasteiger partial charge in [-0.15, -0.1) is 0 Å². The Morgan fingerprint density at radius 3 is 2.49 bits per heavy atom. The molecule has 298 valence electrons. The van der Waals surface area contributed by atoms with E-state index in [4.69, 9.17) is 9.47 Å². The summed E-state index contributed by atoms with van der Waals surface area (Å²) in [4.78, 5) is 25.8. The number of rotatable bonds is 18. The van der Waals surface area contributed by atoms with Gasteiger partial charge in [0.2, 0.25) is 5.91 Å². The van der Waals surface area contributed by atoms with Gasteiger partial charge in [-0.1, -0.05) is 72.5 Å². The minimum atomic E-state index is -0.128. The standard InChI is InChI=1S/C46H71I2NO4/c1-8-33(27-38-32(5)26-35(47)29-42(38)48)44(51)49-23-9-10-24-52-25-20-43(50)53-36-18-21-45(6)34(28-36)14-15-37-40-17-16-39(31(4)13-11-12-30(2)3)46(40,7)22-19-41(37)45/h14,26,29-31,33,36-37,39-41H,8-13,15-25,27-28H2,1-7H3,(H,49,51)/t31-,33?,36+,37+,39-,40+,41+,45+,46-/m1/s1. The van der Waals surface area contributed by atoms with Gasteiger partial charge in [-0.25, -0.2) is 0 Å². The van der Waals surface area contributed by atoms with Crippen LogP contribution in [0.4, 0.5) is 0 Å². The lowest BCUT2D eigenvalue weighted by atomic mass is 9.47. The maximum absolute atomic E-state index is 12.9. The van der Waals surface area contributed by atoms with Gasteiger partial charge in [-0.2, -0.15) is 0 Å². The van der Waals surface area contributed by atoms with Gasteiger partial charge in [-0.05, 0) is 192 Å². The minimum absolute atomic E-state index is 0.00312. The Morgan fingerprint density at radius 1 is 0.962 bits per heavy atom. The van der Waals surface area contributed by atoms with E-state index in [1.54, 1.807) is 5.57 Å². The Bertz CT molecular complexity index is 1400. The van der Waals surface area contributed by atoms with Crippen LogP contribution in [0.15, 0.2) is 23.8 Å². The molecule has 4 aliphatic rings. The lowest BCUT2D eigenvalue weighted by Crippen LogP contribution is -2.51. The van der Waals surface area contributed by atoms with Crippen LogP contribution in [0.3, 0.4) is 0 Å². The lowest BCUT2D eigenvalue weighted by molar-refractivity contribution is -0.152. The van der Waals surface area contributed by atoms with Crippen molar-refractivity contribution in [2.75, 3.05) is 19.8 Å². The van der Waals surface area contributed by atoms with Crippen molar-refractivity contribution in [1.29, 1.82) is 0 Å². The monoisotopic (exact) mass is 955 g/mol. The van der Waals surface area contributed by atoms with E-state index in [1.807, 2.05) is 0 Å².